The van der Waals surface area contributed by atoms with Crippen LogP contribution in [0.2, 0.25) is 0 Å². The molecule has 7 nitrogen and oxygen atoms in total. The number of benzene rings is 2. The van der Waals surface area contributed by atoms with Gasteiger partial charge in [-0.3, -0.25) is 4.90 Å². The summed E-state index contributed by atoms with van der Waals surface area (Å²) in [7, 11) is 1.43. The normalized spacial score (nSPS) is 16.5. The molecule has 2 amide bonds. The monoisotopic (exact) mass is 460 g/mol. The van der Waals surface area contributed by atoms with Crippen molar-refractivity contribution in [2.24, 2.45) is 0 Å². The Morgan fingerprint density at radius 1 is 1.28 bits per heavy atom. The quantitative estimate of drug-likeness (QED) is 0.650. The Morgan fingerprint density at radius 2 is 1.97 bits per heavy atom. The highest BCUT2D eigenvalue weighted by molar-refractivity contribution is 9.10. The van der Waals surface area contributed by atoms with E-state index in [2.05, 4.69) is 21.2 Å². The van der Waals surface area contributed by atoms with Crippen molar-refractivity contribution >= 4 is 33.6 Å². The smallest absolute Gasteiger partial charge is 0.338 e. The van der Waals surface area contributed by atoms with Crippen LogP contribution in [-0.4, -0.2) is 30.8 Å². The molecule has 0 saturated heterocycles. The number of hydrogen-bond acceptors (Lipinski definition) is 5. The highest BCUT2D eigenvalue weighted by atomic mass is 79.9. The lowest BCUT2D eigenvalue weighted by Gasteiger charge is -2.35. The molecular formula is C21H21BrN2O5. The fraction of sp³-hybridized carbons (Fsp3) is 0.238. The fourth-order valence-electron chi connectivity index (χ4n) is 3.27. The van der Waals surface area contributed by atoms with Gasteiger partial charge in [-0.15, -0.1) is 0 Å². The summed E-state index contributed by atoms with van der Waals surface area (Å²) in [5.74, 6) is -0.378. The average Bonchev–Trinajstić information content (AvgIpc) is 2.70. The maximum Gasteiger partial charge on any atom is 0.338 e. The first-order valence-electron chi connectivity index (χ1n) is 8.99. The lowest BCUT2D eigenvalue weighted by atomic mass is 9.94. The lowest BCUT2D eigenvalue weighted by Crippen LogP contribution is -2.48. The average molecular weight is 461 g/mol. The molecule has 29 heavy (non-hydrogen) atoms. The number of methoxy groups -OCH3 is 1. The van der Waals surface area contributed by atoms with E-state index in [1.165, 1.54) is 12.0 Å². The Kier molecular flexibility index (Phi) is 6.12. The van der Waals surface area contributed by atoms with Gasteiger partial charge in [0.15, 0.2) is 11.5 Å². The molecule has 0 aromatic heterocycles. The van der Waals surface area contributed by atoms with E-state index in [1.54, 1.807) is 38.1 Å². The number of hydrogen-bond donors (Lipinski definition) is 2. The van der Waals surface area contributed by atoms with E-state index in [9.17, 15) is 14.7 Å². The molecule has 2 aromatic carbocycles. The number of nitrogens with one attached hydrogen (secondary N) is 1. The summed E-state index contributed by atoms with van der Waals surface area (Å²) in [6.45, 7) is 3.63. The Hall–Kier alpha value is -3.00. The maximum absolute atomic E-state index is 13.0. The van der Waals surface area contributed by atoms with Crippen molar-refractivity contribution in [2.75, 3.05) is 18.6 Å². The molecule has 0 spiro atoms. The summed E-state index contributed by atoms with van der Waals surface area (Å²) in [5.41, 5.74) is 1.96. The molecular weight excluding hydrogens is 440 g/mol. The number of aromatic hydroxyl groups is 1. The molecule has 1 aliphatic rings. The molecule has 3 rings (SSSR count). The number of amides is 2. The fourth-order valence-corrected chi connectivity index (χ4v) is 3.73. The molecule has 1 unspecified atom stereocenters. The van der Waals surface area contributed by atoms with Gasteiger partial charge in [0.2, 0.25) is 0 Å². The molecule has 0 radical (unpaired) electrons. The summed E-state index contributed by atoms with van der Waals surface area (Å²) in [5, 5.41) is 13.0. The molecule has 2 aromatic rings. The largest absolute Gasteiger partial charge is 0.503 e. The number of esters is 1. The van der Waals surface area contributed by atoms with E-state index in [4.69, 9.17) is 9.47 Å². The van der Waals surface area contributed by atoms with Crippen molar-refractivity contribution in [1.29, 1.82) is 0 Å². The third-order valence-corrected chi connectivity index (χ3v) is 5.20. The third kappa shape index (κ3) is 3.93. The van der Waals surface area contributed by atoms with Crippen LogP contribution >= 0.6 is 15.9 Å². The minimum absolute atomic E-state index is 0.0670. The van der Waals surface area contributed by atoms with Gasteiger partial charge in [-0.25, -0.2) is 9.59 Å². The summed E-state index contributed by atoms with van der Waals surface area (Å²) >= 11 is 3.29. The van der Waals surface area contributed by atoms with Crippen LogP contribution in [0.4, 0.5) is 10.5 Å². The van der Waals surface area contributed by atoms with Crippen LogP contribution in [0.1, 0.15) is 25.5 Å². The number of carbonyl (C=O) groups excluding carboxylic acids is 2. The first-order valence-corrected chi connectivity index (χ1v) is 9.78. The molecule has 0 saturated carbocycles. The van der Waals surface area contributed by atoms with Gasteiger partial charge in [0, 0.05) is 5.70 Å². The highest BCUT2D eigenvalue weighted by Crippen LogP contribution is 2.40. The van der Waals surface area contributed by atoms with Crippen molar-refractivity contribution in [2.45, 2.75) is 19.9 Å². The number of phenolic OH excluding ortho intramolecular Hbond substituents is 1. The van der Waals surface area contributed by atoms with E-state index in [1.807, 2.05) is 18.2 Å². The van der Waals surface area contributed by atoms with Gasteiger partial charge in [-0.2, -0.15) is 0 Å². The number of nitrogens with zero attached hydrogens (tertiary/aromatic N) is 1. The van der Waals surface area contributed by atoms with E-state index in [-0.39, 0.29) is 24.1 Å². The third-order valence-electron chi connectivity index (χ3n) is 4.60. The first-order chi connectivity index (χ1) is 13.9. The predicted octanol–water partition coefficient (Wildman–Crippen LogP) is 4.27. The molecule has 152 valence electrons. The van der Waals surface area contributed by atoms with Gasteiger partial charge in [0.1, 0.15) is 0 Å². The minimum Gasteiger partial charge on any atom is -0.503 e. The molecule has 8 heteroatoms. The van der Waals surface area contributed by atoms with Gasteiger partial charge < -0.3 is 19.9 Å². The van der Waals surface area contributed by atoms with Crippen LogP contribution in [0.5, 0.6) is 11.5 Å². The zero-order chi connectivity index (χ0) is 21.1. The second kappa shape index (κ2) is 8.57. The van der Waals surface area contributed by atoms with E-state index in [0.717, 1.165) is 0 Å². The first kappa shape index (κ1) is 20.7. The predicted molar refractivity (Wildman–Crippen MR) is 112 cm³/mol. The second-order valence-corrected chi connectivity index (χ2v) is 7.18. The van der Waals surface area contributed by atoms with Gasteiger partial charge in [0.25, 0.3) is 0 Å². The number of halogens is 1. The van der Waals surface area contributed by atoms with Crippen LogP contribution < -0.4 is 15.0 Å². The van der Waals surface area contributed by atoms with Gasteiger partial charge in [-0.1, -0.05) is 18.2 Å². The van der Waals surface area contributed by atoms with Crippen molar-refractivity contribution in [1.82, 2.24) is 5.32 Å². The zero-order valence-corrected chi connectivity index (χ0v) is 17.8. The molecule has 0 fully saturated rings. The van der Waals surface area contributed by atoms with Crippen LogP contribution in [0.25, 0.3) is 0 Å². The molecule has 1 heterocycles. The van der Waals surface area contributed by atoms with Crippen molar-refractivity contribution in [3.63, 3.8) is 0 Å². The summed E-state index contributed by atoms with van der Waals surface area (Å²) in [4.78, 5) is 27.2. The van der Waals surface area contributed by atoms with Crippen molar-refractivity contribution < 1.29 is 24.2 Å². The Bertz CT molecular complexity index is 975. The summed E-state index contributed by atoms with van der Waals surface area (Å²) < 4.78 is 10.9. The Labute approximate surface area is 177 Å². The van der Waals surface area contributed by atoms with Crippen LogP contribution in [0.3, 0.4) is 0 Å². The lowest BCUT2D eigenvalue weighted by molar-refractivity contribution is -0.139. The van der Waals surface area contributed by atoms with Crippen molar-refractivity contribution in [3.05, 3.63) is 63.8 Å². The highest BCUT2D eigenvalue weighted by Gasteiger charge is 2.37. The molecule has 0 bridgehead atoms. The van der Waals surface area contributed by atoms with Crippen LogP contribution in [0, 0.1) is 0 Å². The van der Waals surface area contributed by atoms with Crippen LogP contribution in [-0.2, 0) is 9.53 Å². The molecule has 2 N–H and O–H groups in total. The zero-order valence-electron chi connectivity index (χ0n) is 16.2. The number of urea groups is 1. The SMILES string of the molecule is CCOC(=O)C1=C(C)N(c2ccccc2)C(=O)NC1c1cc(Br)c(O)c(OC)c1. The minimum atomic E-state index is -0.771. The Morgan fingerprint density at radius 3 is 2.59 bits per heavy atom. The van der Waals surface area contributed by atoms with Crippen LogP contribution in [0.15, 0.2) is 58.2 Å². The number of anilines is 1. The number of allylic oxidation sites excluding steroid dienone is 1. The standard InChI is InChI=1S/C21H21BrN2O5/c1-4-29-20(26)17-12(2)24(14-8-6-5-7-9-14)21(27)23-18(17)13-10-15(22)19(25)16(11-13)28-3/h5-11,18,25H,4H2,1-3H3,(H,23,27). The summed E-state index contributed by atoms with van der Waals surface area (Å²) in [6, 6.07) is 11.1. The van der Waals surface area contributed by atoms with Crippen molar-refractivity contribution in [3.8, 4) is 11.5 Å². The topological polar surface area (TPSA) is 88.1 Å². The Balaban J connectivity index is 2.17. The summed E-state index contributed by atoms with van der Waals surface area (Å²) in [6.07, 6.45) is 0. The number of carbonyl (C=O) groups is 2. The van der Waals surface area contributed by atoms with E-state index in [0.29, 0.717) is 27.0 Å². The maximum atomic E-state index is 13.0. The van der Waals surface area contributed by atoms with E-state index >= 15 is 0 Å². The number of rotatable bonds is 5. The second-order valence-electron chi connectivity index (χ2n) is 6.33. The molecule has 1 aliphatic heterocycles. The number of para-hydroxylation sites is 1. The van der Waals surface area contributed by atoms with E-state index < -0.39 is 12.0 Å². The molecule has 1 atom stereocenters. The van der Waals surface area contributed by atoms with Gasteiger partial charge in [-0.05, 0) is 59.6 Å². The molecule has 0 aliphatic carbocycles. The number of ether oxygens (including phenoxy) is 2. The number of phenols is 1. The van der Waals surface area contributed by atoms with Gasteiger partial charge in [0.05, 0.1) is 35.5 Å². The van der Waals surface area contributed by atoms with Gasteiger partial charge >= 0.3 is 12.0 Å².